The maximum Gasteiger partial charge on any atom is 0.416 e. The lowest BCUT2D eigenvalue weighted by Crippen LogP contribution is -2.38. The highest BCUT2D eigenvalue weighted by atomic mass is 19.4. The Hall–Kier alpha value is -4.68. The number of carbonyl (C=O) groups is 2. The molecule has 0 aliphatic rings. The molecule has 220 valence electrons. The van der Waals surface area contributed by atoms with Gasteiger partial charge in [0.25, 0.3) is 18.2 Å². The van der Waals surface area contributed by atoms with Crippen molar-refractivity contribution in [1.82, 2.24) is 14.9 Å². The van der Waals surface area contributed by atoms with Gasteiger partial charge in [0, 0.05) is 42.6 Å². The molecule has 2 aromatic heterocycles. The molecule has 2 amide bonds. The molecule has 42 heavy (non-hydrogen) atoms. The summed E-state index contributed by atoms with van der Waals surface area (Å²) in [7, 11) is 1.59. The number of anilines is 1. The molecule has 0 aliphatic carbocycles. The fourth-order valence-electron chi connectivity index (χ4n) is 4.20. The van der Waals surface area contributed by atoms with Crippen LogP contribution in [0.3, 0.4) is 0 Å². The van der Waals surface area contributed by atoms with Crippen LogP contribution >= 0.6 is 0 Å². The fourth-order valence-corrected chi connectivity index (χ4v) is 4.20. The van der Waals surface area contributed by atoms with Crippen molar-refractivity contribution in [3.63, 3.8) is 0 Å². The fraction of sp³-hybridized carbons (Fsp3) is 0.241. The van der Waals surface area contributed by atoms with E-state index in [2.05, 4.69) is 15.6 Å². The van der Waals surface area contributed by atoms with Gasteiger partial charge in [-0.3, -0.25) is 19.4 Å². The van der Waals surface area contributed by atoms with Crippen LogP contribution in [0.4, 0.5) is 32.0 Å². The van der Waals surface area contributed by atoms with Crippen LogP contribution in [0.25, 0.3) is 22.0 Å². The molecule has 0 radical (unpaired) electrons. The average molecular weight is 591 g/mol. The summed E-state index contributed by atoms with van der Waals surface area (Å²) in [4.78, 5) is 41.9. The number of amides is 2. The first-order chi connectivity index (χ1) is 19.6. The van der Waals surface area contributed by atoms with Gasteiger partial charge >= 0.3 is 6.18 Å². The Balaban J connectivity index is 1.69. The van der Waals surface area contributed by atoms with Crippen molar-refractivity contribution >= 4 is 28.4 Å². The van der Waals surface area contributed by atoms with Gasteiger partial charge < -0.3 is 15.2 Å². The summed E-state index contributed by atoms with van der Waals surface area (Å²) < 4.78 is 82.4. The Kier molecular flexibility index (Phi) is 8.15. The Morgan fingerprint density at radius 3 is 2.38 bits per heavy atom. The van der Waals surface area contributed by atoms with E-state index in [-0.39, 0.29) is 34.3 Å². The molecule has 0 saturated carbocycles. The van der Waals surface area contributed by atoms with Crippen molar-refractivity contribution in [3.05, 3.63) is 93.5 Å². The summed E-state index contributed by atoms with van der Waals surface area (Å²) in [6.07, 6.45) is -5.32. The van der Waals surface area contributed by atoms with Crippen molar-refractivity contribution in [1.29, 1.82) is 0 Å². The molecule has 2 aromatic carbocycles. The van der Waals surface area contributed by atoms with Crippen LogP contribution in [-0.4, -0.2) is 27.0 Å². The molecule has 7 nitrogen and oxygen atoms in total. The largest absolute Gasteiger partial charge is 0.416 e. The summed E-state index contributed by atoms with van der Waals surface area (Å²) in [5, 5.41) is 4.79. The molecule has 0 spiro atoms. The number of alkyl halides is 6. The van der Waals surface area contributed by atoms with Crippen molar-refractivity contribution in [3.8, 4) is 11.1 Å². The lowest BCUT2D eigenvalue weighted by atomic mass is 10.0. The van der Waals surface area contributed by atoms with Crippen LogP contribution in [-0.2, 0) is 24.6 Å². The molecule has 4 rings (SSSR count). The number of hydrogen-bond donors (Lipinski definition) is 2. The molecule has 0 atom stereocenters. The van der Waals surface area contributed by atoms with Crippen molar-refractivity contribution in [2.45, 2.75) is 38.7 Å². The summed E-state index contributed by atoms with van der Waals surface area (Å²) in [6, 6.07) is 9.58. The van der Waals surface area contributed by atoms with Gasteiger partial charge in [-0.2, -0.15) is 13.2 Å². The minimum absolute atomic E-state index is 0.0185. The highest BCUT2D eigenvalue weighted by Crippen LogP contribution is 2.32. The summed E-state index contributed by atoms with van der Waals surface area (Å²) >= 11 is 0. The van der Waals surface area contributed by atoms with E-state index in [0.717, 1.165) is 38.2 Å². The van der Waals surface area contributed by atoms with E-state index in [1.807, 2.05) is 0 Å². The minimum atomic E-state index is -4.62. The third kappa shape index (κ3) is 6.45. The molecular formula is C29H24F6N4O3. The Morgan fingerprint density at radius 1 is 1.02 bits per heavy atom. The van der Waals surface area contributed by atoms with E-state index >= 15 is 0 Å². The number of fused-ring (bicyclic) bond motifs is 1. The van der Waals surface area contributed by atoms with E-state index in [9.17, 15) is 40.7 Å². The zero-order valence-electron chi connectivity index (χ0n) is 22.4. The molecular weight excluding hydrogens is 566 g/mol. The lowest BCUT2D eigenvalue weighted by Gasteiger charge is -2.15. The predicted octanol–water partition coefficient (Wildman–Crippen LogP) is 6.17. The number of aryl methyl sites for hydroxylation is 1. The van der Waals surface area contributed by atoms with Gasteiger partial charge in [0.2, 0.25) is 0 Å². The summed E-state index contributed by atoms with van der Waals surface area (Å²) in [5.74, 6) is -1.95. The molecule has 0 aliphatic heterocycles. The number of rotatable bonds is 7. The molecule has 0 bridgehead atoms. The van der Waals surface area contributed by atoms with Gasteiger partial charge in [0.1, 0.15) is 5.69 Å². The first kappa shape index (κ1) is 30.3. The SMILES string of the molecule is Cn1cc(-c2cccc(C(F)(F)F)c2)c(=O)c2cc(NC(=O)c3cc(CNC(=O)C(C)(C)F)cnc3C(F)F)ccc21. The van der Waals surface area contributed by atoms with Gasteiger partial charge in [-0.05, 0) is 61.4 Å². The van der Waals surface area contributed by atoms with Gasteiger partial charge in [-0.1, -0.05) is 12.1 Å². The first-order valence-corrected chi connectivity index (χ1v) is 12.4. The molecule has 2 N–H and O–H groups in total. The van der Waals surface area contributed by atoms with Crippen molar-refractivity contribution < 1.29 is 35.9 Å². The third-order valence-electron chi connectivity index (χ3n) is 6.37. The van der Waals surface area contributed by atoms with Crippen LogP contribution in [0, 0.1) is 0 Å². The number of nitrogens with zero attached hydrogens (tertiary/aromatic N) is 2. The molecule has 2 heterocycles. The molecule has 0 unspecified atom stereocenters. The van der Waals surface area contributed by atoms with Crippen LogP contribution < -0.4 is 16.1 Å². The topological polar surface area (TPSA) is 93.1 Å². The van der Waals surface area contributed by atoms with E-state index < -0.39 is 52.3 Å². The number of benzene rings is 2. The van der Waals surface area contributed by atoms with Gasteiger partial charge in [0.05, 0.1) is 16.6 Å². The third-order valence-corrected chi connectivity index (χ3v) is 6.37. The van der Waals surface area contributed by atoms with Crippen molar-refractivity contribution in [2.75, 3.05) is 5.32 Å². The van der Waals surface area contributed by atoms with Gasteiger partial charge in [-0.15, -0.1) is 0 Å². The maximum absolute atomic E-state index is 13.8. The average Bonchev–Trinajstić information content (AvgIpc) is 2.92. The second kappa shape index (κ2) is 11.3. The Bertz CT molecular complexity index is 1740. The zero-order chi connectivity index (χ0) is 31.0. The second-order valence-corrected chi connectivity index (χ2v) is 9.98. The number of hydrogen-bond acceptors (Lipinski definition) is 4. The molecule has 13 heteroatoms. The normalized spacial score (nSPS) is 12.0. The number of carbonyl (C=O) groups excluding carboxylic acids is 2. The van der Waals surface area contributed by atoms with Crippen LogP contribution in [0.2, 0.25) is 0 Å². The second-order valence-electron chi connectivity index (χ2n) is 9.98. The standard InChI is InChI=1S/C29H24F6N4O3/c1-28(2,32)27(42)37-13-15-9-20(23(25(30)31)36-12-15)26(41)38-18-7-8-22-19(11-18)24(40)21(14-39(22)3)16-5-4-6-17(10-16)29(33,34)35/h4-12,14,25H,13H2,1-3H3,(H,37,42)(H,38,41). The zero-order valence-corrected chi connectivity index (χ0v) is 22.4. The quantitative estimate of drug-likeness (QED) is 0.252. The van der Waals surface area contributed by atoms with Gasteiger partial charge in [-0.25, -0.2) is 13.2 Å². The van der Waals surface area contributed by atoms with Crippen LogP contribution in [0.1, 0.15) is 47.5 Å². The molecule has 4 aromatic rings. The monoisotopic (exact) mass is 590 g/mol. The van der Waals surface area contributed by atoms with E-state index in [1.165, 1.54) is 41.1 Å². The summed E-state index contributed by atoms with van der Waals surface area (Å²) in [5.41, 5.74) is -4.46. The highest BCUT2D eigenvalue weighted by Gasteiger charge is 2.31. The first-order valence-electron chi connectivity index (χ1n) is 12.4. The van der Waals surface area contributed by atoms with Gasteiger partial charge in [0.15, 0.2) is 11.1 Å². The van der Waals surface area contributed by atoms with Crippen LogP contribution in [0.15, 0.2) is 65.7 Å². The minimum Gasteiger partial charge on any atom is -0.350 e. The van der Waals surface area contributed by atoms with E-state index in [1.54, 1.807) is 7.05 Å². The molecule has 0 fully saturated rings. The van der Waals surface area contributed by atoms with E-state index in [4.69, 9.17) is 0 Å². The van der Waals surface area contributed by atoms with Crippen LogP contribution in [0.5, 0.6) is 0 Å². The Morgan fingerprint density at radius 2 is 1.74 bits per heavy atom. The van der Waals surface area contributed by atoms with Crippen molar-refractivity contribution in [2.24, 2.45) is 7.05 Å². The summed E-state index contributed by atoms with van der Waals surface area (Å²) in [6.45, 7) is 1.80. The maximum atomic E-state index is 13.8. The Labute approximate surface area is 235 Å². The number of nitrogens with one attached hydrogen (secondary N) is 2. The molecule has 0 saturated heterocycles. The van der Waals surface area contributed by atoms with E-state index in [0.29, 0.717) is 5.52 Å². The number of halogens is 6. The number of aromatic nitrogens is 2. The number of pyridine rings is 2. The highest BCUT2D eigenvalue weighted by molar-refractivity contribution is 6.06. The smallest absolute Gasteiger partial charge is 0.350 e. The lowest BCUT2D eigenvalue weighted by molar-refractivity contribution is -0.137. The predicted molar refractivity (Wildman–Crippen MR) is 144 cm³/mol.